The van der Waals surface area contributed by atoms with Gasteiger partial charge in [0, 0.05) is 25.9 Å². The molecule has 0 aliphatic rings. The number of carbonyl (C=O) groups excluding carboxylic acids is 1. The van der Waals surface area contributed by atoms with E-state index < -0.39 is 11.6 Å². The van der Waals surface area contributed by atoms with Crippen molar-refractivity contribution in [3.05, 3.63) is 59.3 Å². The number of nitrogens with zero attached hydrogens (tertiary/aromatic N) is 1. The maximum atomic E-state index is 13.0. The molecule has 0 unspecified atom stereocenters. The summed E-state index contributed by atoms with van der Waals surface area (Å²) in [5, 5.41) is 5.53. The fourth-order valence-corrected chi connectivity index (χ4v) is 1.96. The van der Waals surface area contributed by atoms with Crippen LogP contribution in [0.1, 0.15) is 15.9 Å². The molecule has 1 aromatic carbocycles. The highest BCUT2D eigenvalue weighted by molar-refractivity contribution is 5.98. The van der Waals surface area contributed by atoms with Crippen molar-refractivity contribution < 1.29 is 13.6 Å². The van der Waals surface area contributed by atoms with Crippen LogP contribution in [-0.2, 0) is 6.42 Å². The Bertz CT molecular complexity index is 626. The van der Waals surface area contributed by atoms with Gasteiger partial charge in [0.2, 0.25) is 0 Å². The molecule has 110 valence electrons. The summed E-state index contributed by atoms with van der Waals surface area (Å²) < 4.78 is 26.1. The molecule has 6 heteroatoms. The van der Waals surface area contributed by atoms with Crippen molar-refractivity contribution >= 4 is 11.7 Å². The van der Waals surface area contributed by atoms with E-state index in [9.17, 15) is 13.6 Å². The van der Waals surface area contributed by atoms with Crippen LogP contribution in [0.5, 0.6) is 0 Å². The Morgan fingerprint density at radius 3 is 2.62 bits per heavy atom. The SMILES string of the molecule is CNc1ncccc1C(=O)NCCc1cc(F)cc(F)c1. The molecule has 1 heterocycles. The second-order valence-electron chi connectivity index (χ2n) is 4.43. The number of hydrogen-bond donors (Lipinski definition) is 2. The normalized spacial score (nSPS) is 10.2. The van der Waals surface area contributed by atoms with E-state index in [1.54, 1.807) is 25.4 Å². The quantitative estimate of drug-likeness (QED) is 0.889. The summed E-state index contributed by atoms with van der Waals surface area (Å²) in [5.74, 6) is -1.06. The summed E-state index contributed by atoms with van der Waals surface area (Å²) in [4.78, 5) is 16.0. The number of amides is 1. The molecule has 1 aromatic heterocycles. The first kappa shape index (κ1) is 14.9. The summed E-state index contributed by atoms with van der Waals surface area (Å²) >= 11 is 0. The lowest BCUT2D eigenvalue weighted by Crippen LogP contribution is -2.26. The van der Waals surface area contributed by atoms with Gasteiger partial charge in [-0.1, -0.05) is 0 Å². The third kappa shape index (κ3) is 3.98. The van der Waals surface area contributed by atoms with Gasteiger partial charge in [-0.05, 0) is 36.2 Å². The number of halogens is 2. The largest absolute Gasteiger partial charge is 0.372 e. The molecule has 21 heavy (non-hydrogen) atoms. The summed E-state index contributed by atoms with van der Waals surface area (Å²) in [7, 11) is 1.68. The number of nitrogens with one attached hydrogen (secondary N) is 2. The molecule has 0 bridgehead atoms. The monoisotopic (exact) mass is 291 g/mol. The summed E-state index contributed by atoms with van der Waals surface area (Å²) in [6.45, 7) is 0.278. The summed E-state index contributed by atoms with van der Waals surface area (Å²) in [6.07, 6.45) is 1.92. The van der Waals surface area contributed by atoms with Gasteiger partial charge in [0.05, 0.1) is 5.56 Å². The molecule has 0 fully saturated rings. The molecule has 0 saturated heterocycles. The van der Waals surface area contributed by atoms with Crippen molar-refractivity contribution in [2.24, 2.45) is 0 Å². The van der Waals surface area contributed by atoms with Gasteiger partial charge in [-0.15, -0.1) is 0 Å². The Kier molecular flexibility index (Phi) is 4.81. The molecular weight excluding hydrogens is 276 g/mol. The Hall–Kier alpha value is -2.50. The van der Waals surface area contributed by atoms with Crippen LogP contribution in [0.25, 0.3) is 0 Å². The van der Waals surface area contributed by atoms with Gasteiger partial charge in [-0.3, -0.25) is 4.79 Å². The van der Waals surface area contributed by atoms with Crippen molar-refractivity contribution in [1.29, 1.82) is 0 Å². The van der Waals surface area contributed by atoms with Crippen molar-refractivity contribution in [2.45, 2.75) is 6.42 Å². The van der Waals surface area contributed by atoms with Gasteiger partial charge >= 0.3 is 0 Å². The number of benzene rings is 1. The van der Waals surface area contributed by atoms with Gasteiger partial charge in [0.15, 0.2) is 0 Å². The lowest BCUT2D eigenvalue weighted by molar-refractivity contribution is 0.0954. The van der Waals surface area contributed by atoms with Crippen molar-refractivity contribution in [1.82, 2.24) is 10.3 Å². The third-order valence-electron chi connectivity index (χ3n) is 2.91. The van der Waals surface area contributed by atoms with Crippen LogP contribution in [0.3, 0.4) is 0 Å². The van der Waals surface area contributed by atoms with Crippen LogP contribution < -0.4 is 10.6 Å². The molecule has 0 aliphatic heterocycles. The van der Waals surface area contributed by atoms with E-state index in [0.29, 0.717) is 23.4 Å². The topological polar surface area (TPSA) is 54.0 Å². The van der Waals surface area contributed by atoms with Crippen molar-refractivity contribution in [3.63, 3.8) is 0 Å². The number of anilines is 1. The first-order valence-corrected chi connectivity index (χ1v) is 6.46. The number of hydrogen-bond acceptors (Lipinski definition) is 3. The van der Waals surface area contributed by atoms with E-state index in [-0.39, 0.29) is 12.5 Å². The van der Waals surface area contributed by atoms with Gasteiger partial charge in [0.1, 0.15) is 17.5 Å². The molecule has 0 aliphatic carbocycles. The molecule has 1 amide bonds. The van der Waals surface area contributed by atoms with E-state index in [0.717, 1.165) is 6.07 Å². The highest BCUT2D eigenvalue weighted by Gasteiger charge is 2.10. The van der Waals surface area contributed by atoms with Crippen LogP contribution in [0.15, 0.2) is 36.5 Å². The molecule has 2 aromatic rings. The van der Waals surface area contributed by atoms with Gasteiger partial charge in [-0.25, -0.2) is 13.8 Å². The Labute approximate surface area is 121 Å². The van der Waals surface area contributed by atoms with E-state index in [1.165, 1.54) is 12.1 Å². The predicted molar refractivity (Wildman–Crippen MR) is 76.2 cm³/mol. The fourth-order valence-electron chi connectivity index (χ4n) is 1.96. The summed E-state index contributed by atoms with van der Waals surface area (Å²) in [6, 6.07) is 6.63. The second kappa shape index (κ2) is 6.78. The van der Waals surface area contributed by atoms with Gasteiger partial charge in [-0.2, -0.15) is 0 Å². The first-order chi connectivity index (χ1) is 10.1. The maximum Gasteiger partial charge on any atom is 0.255 e. The molecule has 4 nitrogen and oxygen atoms in total. The van der Waals surface area contributed by atoms with Gasteiger partial charge < -0.3 is 10.6 Å². The van der Waals surface area contributed by atoms with Crippen molar-refractivity contribution in [2.75, 3.05) is 18.9 Å². The van der Waals surface area contributed by atoms with E-state index >= 15 is 0 Å². The smallest absolute Gasteiger partial charge is 0.255 e. The van der Waals surface area contributed by atoms with E-state index in [2.05, 4.69) is 15.6 Å². The number of carbonyl (C=O) groups is 1. The minimum atomic E-state index is -0.624. The van der Waals surface area contributed by atoms with Crippen LogP contribution >= 0.6 is 0 Å². The van der Waals surface area contributed by atoms with Crippen LogP contribution in [0.2, 0.25) is 0 Å². The van der Waals surface area contributed by atoms with E-state index in [1.807, 2.05) is 0 Å². The van der Waals surface area contributed by atoms with Crippen molar-refractivity contribution in [3.8, 4) is 0 Å². The Balaban J connectivity index is 1.95. The number of rotatable bonds is 5. The molecule has 2 N–H and O–H groups in total. The lowest BCUT2D eigenvalue weighted by Gasteiger charge is -2.09. The standard InChI is InChI=1S/C15H15F2N3O/c1-18-14-13(3-2-5-19-14)15(21)20-6-4-10-7-11(16)9-12(17)8-10/h2-3,5,7-9H,4,6H2,1H3,(H,18,19)(H,20,21). The first-order valence-electron chi connectivity index (χ1n) is 6.46. The molecule has 2 rings (SSSR count). The molecule has 0 atom stereocenters. The lowest BCUT2D eigenvalue weighted by atomic mass is 10.1. The predicted octanol–water partition coefficient (Wildman–Crippen LogP) is 2.37. The van der Waals surface area contributed by atoms with E-state index in [4.69, 9.17) is 0 Å². The maximum absolute atomic E-state index is 13.0. The average molecular weight is 291 g/mol. The molecule has 0 saturated carbocycles. The number of pyridine rings is 1. The third-order valence-corrected chi connectivity index (χ3v) is 2.91. The molecular formula is C15H15F2N3O. The second-order valence-corrected chi connectivity index (χ2v) is 4.43. The van der Waals surface area contributed by atoms with Crippen LogP contribution in [-0.4, -0.2) is 24.5 Å². The highest BCUT2D eigenvalue weighted by atomic mass is 19.1. The Morgan fingerprint density at radius 1 is 1.24 bits per heavy atom. The van der Waals surface area contributed by atoms with Gasteiger partial charge in [0.25, 0.3) is 5.91 Å². The highest BCUT2D eigenvalue weighted by Crippen LogP contribution is 2.11. The fraction of sp³-hybridized carbons (Fsp3) is 0.200. The minimum absolute atomic E-state index is 0.278. The van der Waals surface area contributed by atoms with Crippen LogP contribution in [0, 0.1) is 11.6 Å². The summed E-state index contributed by atoms with van der Waals surface area (Å²) in [5.41, 5.74) is 0.915. The zero-order chi connectivity index (χ0) is 15.2. The molecule has 0 spiro atoms. The number of aromatic nitrogens is 1. The Morgan fingerprint density at radius 2 is 1.95 bits per heavy atom. The minimum Gasteiger partial charge on any atom is -0.372 e. The van der Waals surface area contributed by atoms with Crippen LogP contribution in [0.4, 0.5) is 14.6 Å². The zero-order valence-corrected chi connectivity index (χ0v) is 11.5. The zero-order valence-electron chi connectivity index (χ0n) is 11.5. The average Bonchev–Trinajstić information content (AvgIpc) is 2.46. The molecule has 0 radical (unpaired) electrons.